The van der Waals surface area contributed by atoms with E-state index in [9.17, 15) is 4.79 Å². The fraction of sp³-hybridized carbons (Fsp3) is 0.333. The van der Waals surface area contributed by atoms with Crippen LogP contribution in [-0.2, 0) is 13.5 Å². The monoisotopic (exact) mass is 258 g/mol. The molecule has 2 N–H and O–H groups in total. The maximum Gasteiger partial charge on any atom is 0.270 e. The highest BCUT2D eigenvalue weighted by Crippen LogP contribution is 2.23. The summed E-state index contributed by atoms with van der Waals surface area (Å²) in [6, 6.07) is 5.64. The summed E-state index contributed by atoms with van der Waals surface area (Å²) in [5, 5.41) is 17.2. The van der Waals surface area contributed by atoms with Crippen LogP contribution in [-0.4, -0.2) is 32.7 Å². The van der Waals surface area contributed by atoms with Crippen molar-refractivity contribution in [3.05, 3.63) is 29.3 Å². The molecule has 2 aromatic rings. The van der Waals surface area contributed by atoms with E-state index in [0.29, 0.717) is 5.56 Å². The van der Waals surface area contributed by atoms with Gasteiger partial charge in [-0.3, -0.25) is 10.1 Å². The molecule has 0 unspecified atom stereocenters. The lowest BCUT2D eigenvalue weighted by Crippen LogP contribution is -2.16. The van der Waals surface area contributed by atoms with E-state index in [1.54, 1.807) is 13.1 Å². The van der Waals surface area contributed by atoms with Gasteiger partial charge < -0.3 is 5.32 Å². The van der Waals surface area contributed by atoms with Crippen molar-refractivity contribution in [1.82, 2.24) is 20.2 Å². The SMILES string of the molecule is Cn1nnc(NC(=O)c2ccc3c(c2)CCCN3)n1. The van der Waals surface area contributed by atoms with E-state index in [0.717, 1.165) is 25.1 Å². The van der Waals surface area contributed by atoms with E-state index in [4.69, 9.17) is 0 Å². The molecule has 3 rings (SSSR count). The summed E-state index contributed by atoms with van der Waals surface area (Å²) in [7, 11) is 1.65. The van der Waals surface area contributed by atoms with Crippen LogP contribution in [0, 0.1) is 0 Å². The van der Waals surface area contributed by atoms with Gasteiger partial charge in [0.2, 0.25) is 0 Å². The predicted molar refractivity (Wildman–Crippen MR) is 70.0 cm³/mol. The van der Waals surface area contributed by atoms with E-state index in [2.05, 4.69) is 26.0 Å². The second-order valence-electron chi connectivity index (χ2n) is 4.46. The molecule has 0 saturated carbocycles. The van der Waals surface area contributed by atoms with Gasteiger partial charge in [-0.2, -0.15) is 4.80 Å². The van der Waals surface area contributed by atoms with Crippen molar-refractivity contribution in [2.24, 2.45) is 7.05 Å². The fourth-order valence-corrected chi connectivity index (χ4v) is 2.12. The molecule has 1 amide bonds. The largest absolute Gasteiger partial charge is 0.385 e. The second kappa shape index (κ2) is 4.68. The first-order chi connectivity index (χ1) is 9.22. The zero-order valence-electron chi connectivity index (χ0n) is 10.6. The zero-order chi connectivity index (χ0) is 13.2. The average molecular weight is 258 g/mol. The van der Waals surface area contributed by atoms with E-state index >= 15 is 0 Å². The van der Waals surface area contributed by atoms with Gasteiger partial charge in [0.05, 0.1) is 7.05 Å². The standard InChI is InChI=1S/C12H14N6O/c1-18-16-12(15-17-18)14-11(19)9-4-5-10-8(7-9)3-2-6-13-10/h4-5,7,13H,2-3,6H2,1H3,(H,14,16,19). The Balaban J connectivity index is 1.80. The molecule has 98 valence electrons. The molecular weight excluding hydrogens is 244 g/mol. The Morgan fingerprint density at radius 2 is 2.37 bits per heavy atom. The molecule has 0 saturated heterocycles. The Kier molecular flexibility index (Phi) is 2.86. The van der Waals surface area contributed by atoms with Crippen molar-refractivity contribution < 1.29 is 4.79 Å². The second-order valence-corrected chi connectivity index (χ2v) is 4.46. The molecule has 1 aromatic carbocycles. The van der Waals surface area contributed by atoms with Crippen molar-refractivity contribution in [2.45, 2.75) is 12.8 Å². The highest BCUT2D eigenvalue weighted by atomic mass is 16.1. The lowest BCUT2D eigenvalue weighted by atomic mass is 10.0. The third kappa shape index (κ3) is 2.40. The van der Waals surface area contributed by atoms with Crippen molar-refractivity contribution in [3.63, 3.8) is 0 Å². The van der Waals surface area contributed by atoms with Gasteiger partial charge in [0.1, 0.15) is 0 Å². The third-order valence-corrected chi connectivity index (χ3v) is 3.04. The van der Waals surface area contributed by atoms with E-state index in [1.165, 1.54) is 10.4 Å². The van der Waals surface area contributed by atoms with Gasteiger partial charge >= 0.3 is 0 Å². The number of amides is 1. The lowest BCUT2D eigenvalue weighted by Gasteiger charge is -2.18. The quantitative estimate of drug-likeness (QED) is 0.833. The molecule has 0 atom stereocenters. The summed E-state index contributed by atoms with van der Waals surface area (Å²) in [5.74, 6) is -0.00952. The molecule has 1 aliphatic heterocycles. The zero-order valence-corrected chi connectivity index (χ0v) is 10.6. The highest BCUT2D eigenvalue weighted by Gasteiger charge is 2.13. The van der Waals surface area contributed by atoms with Crippen LogP contribution in [0.1, 0.15) is 22.3 Å². The van der Waals surface area contributed by atoms with Crippen LogP contribution in [0.25, 0.3) is 0 Å². The lowest BCUT2D eigenvalue weighted by molar-refractivity contribution is 0.102. The molecule has 19 heavy (non-hydrogen) atoms. The van der Waals surface area contributed by atoms with Crippen molar-refractivity contribution in [3.8, 4) is 0 Å². The molecule has 0 aliphatic carbocycles. The fourth-order valence-electron chi connectivity index (χ4n) is 2.12. The molecular formula is C12H14N6O. The number of aryl methyl sites for hydroxylation is 2. The summed E-state index contributed by atoms with van der Waals surface area (Å²) in [5.41, 5.74) is 2.89. The van der Waals surface area contributed by atoms with Crippen LogP contribution in [0.5, 0.6) is 0 Å². The minimum absolute atomic E-state index is 0.211. The Morgan fingerprint density at radius 1 is 1.47 bits per heavy atom. The van der Waals surface area contributed by atoms with Gasteiger partial charge in [-0.15, -0.1) is 5.10 Å². The first-order valence-corrected chi connectivity index (χ1v) is 6.14. The van der Waals surface area contributed by atoms with Gasteiger partial charge in [0.25, 0.3) is 11.9 Å². The number of rotatable bonds is 2. The summed E-state index contributed by atoms with van der Waals surface area (Å²) >= 11 is 0. The van der Waals surface area contributed by atoms with Gasteiger partial charge in [-0.1, -0.05) is 5.10 Å². The van der Waals surface area contributed by atoms with E-state index in [1.807, 2.05) is 12.1 Å². The minimum atomic E-state index is -0.221. The normalized spacial score (nSPS) is 13.5. The minimum Gasteiger partial charge on any atom is -0.385 e. The number of fused-ring (bicyclic) bond motifs is 1. The Morgan fingerprint density at radius 3 is 3.16 bits per heavy atom. The third-order valence-electron chi connectivity index (χ3n) is 3.04. The molecule has 2 heterocycles. The van der Waals surface area contributed by atoms with Gasteiger partial charge in [-0.05, 0) is 41.8 Å². The van der Waals surface area contributed by atoms with E-state index < -0.39 is 0 Å². The predicted octanol–water partition coefficient (Wildman–Crippen LogP) is 0.820. The molecule has 0 bridgehead atoms. The van der Waals surface area contributed by atoms with Crippen LogP contribution in [0.3, 0.4) is 0 Å². The highest BCUT2D eigenvalue weighted by molar-refractivity contribution is 6.03. The number of hydrogen-bond acceptors (Lipinski definition) is 5. The number of nitrogens with one attached hydrogen (secondary N) is 2. The Hall–Kier alpha value is -2.44. The summed E-state index contributed by atoms with van der Waals surface area (Å²) < 4.78 is 0. The van der Waals surface area contributed by atoms with Gasteiger partial charge in [-0.25, -0.2) is 0 Å². The number of carbonyl (C=O) groups is 1. The van der Waals surface area contributed by atoms with Crippen LogP contribution in [0.4, 0.5) is 11.6 Å². The van der Waals surface area contributed by atoms with Crippen molar-refractivity contribution >= 4 is 17.5 Å². The molecule has 0 fully saturated rings. The van der Waals surface area contributed by atoms with Crippen LogP contribution >= 0.6 is 0 Å². The topological polar surface area (TPSA) is 84.7 Å². The molecule has 7 heteroatoms. The number of aromatic nitrogens is 4. The Labute approximate surface area is 110 Å². The number of anilines is 2. The van der Waals surface area contributed by atoms with Crippen LogP contribution < -0.4 is 10.6 Å². The Bertz CT molecular complexity index is 620. The number of hydrogen-bond donors (Lipinski definition) is 2. The average Bonchev–Trinajstić information content (AvgIpc) is 2.83. The van der Waals surface area contributed by atoms with Crippen molar-refractivity contribution in [2.75, 3.05) is 17.2 Å². The molecule has 1 aromatic heterocycles. The number of carbonyl (C=O) groups excluding carboxylic acids is 1. The summed E-state index contributed by atoms with van der Waals surface area (Å²) in [6.45, 7) is 0.988. The van der Waals surface area contributed by atoms with Crippen molar-refractivity contribution in [1.29, 1.82) is 0 Å². The number of tetrazole rings is 1. The van der Waals surface area contributed by atoms with Gasteiger partial charge in [0, 0.05) is 17.8 Å². The molecule has 1 aliphatic rings. The first-order valence-electron chi connectivity index (χ1n) is 6.14. The maximum absolute atomic E-state index is 12.1. The molecule has 7 nitrogen and oxygen atoms in total. The van der Waals surface area contributed by atoms with Crippen LogP contribution in [0.2, 0.25) is 0 Å². The smallest absolute Gasteiger partial charge is 0.270 e. The van der Waals surface area contributed by atoms with Crippen LogP contribution in [0.15, 0.2) is 18.2 Å². The molecule has 0 radical (unpaired) electrons. The van der Waals surface area contributed by atoms with E-state index in [-0.39, 0.29) is 11.9 Å². The number of benzene rings is 1. The number of nitrogens with zero attached hydrogens (tertiary/aromatic N) is 4. The summed E-state index contributed by atoms with van der Waals surface area (Å²) in [6.07, 6.45) is 2.08. The first kappa shape index (κ1) is 11.6. The van der Waals surface area contributed by atoms with Gasteiger partial charge in [0.15, 0.2) is 0 Å². The summed E-state index contributed by atoms with van der Waals surface area (Å²) in [4.78, 5) is 13.4. The maximum atomic E-state index is 12.1. The molecule has 0 spiro atoms.